The van der Waals surface area contributed by atoms with Gasteiger partial charge >= 0.3 is 0 Å². The highest BCUT2D eigenvalue weighted by atomic mass is 32.2. The summed E-state index contributed by atoms with van der Waals surface area (Å²) in [5.74, 6) is 6.16. The molecule has 2 heterocycles. The zero-order chi connectivity index (χ0) is 10.5. The minimum atomic E-state index is 0.750. The third-order valence-corrected chi connectivity index (χ3v) is 3.88. The second-order valence-electron chi connectivity index (χ2n) is 2.75. The molecule has 2 aromatic rings. The van der Waals surface area contributed by atoms with E-state index in [-0.39, 0.29) is 0 Å². The van der Waals surface area contributed by atoms with Crippen molar-refractivity contribution in [1.82, 2.24) is 9.97 Å². The Balaban J connectivity index is 1.93. The van der Waals surface area contributed by atoms with E-state index in [2.05, 4.69) is 15.4 Å². The van der Waals surface area contributed by atoms with Gasteiger partial charge in [0, 0.05) is 34.1 Å². The topological polar surface area (TPSA) is 63.8 Å². The van der Waals surface area contributed by atoms with Crippen LogP contribution in [0, 0.1) is 0 Å². The third-order valence-electron chi connectivity index (χ3n) is 1.71. The number of hydrogen-bond donors (Lipinski definition) is 2. The predicted octanol–water partition coefficient (Wildman–Crippen LogP) is 2.12. The van der Waals surface area contributed by atoms with Crippen molar-refractivity contribution in [2.24, 2.45) is 5.84 Å². The number of rotatable bonds is 4. The molecule has 0 bridgehead atoms. The summed E-state index contributed by atoms with van der Waals surface area (Å²) in [4.78, 5) is 10.5. The summed E-state index contributed by atoms with van der Waals surface area (Å²) in [5.41, 5.74) is 2.53. The van der Waals surface area contributed by atoms with E-state index in [9.17, 15) is 0 Å². The second-order valence-corrected chi connectivity index (χ2v) is 4.91. The van der Waals surface area contributed by atoms with Crippen LogP contribution in [0.25, 0.3) is 0 Å². The van der Waals surface area contributed by atoms with Gasteiger partial charge in [0.25, 0.3) is 0 Å². The maximum absolute atomic E-state index is 5.25. The molecule has 4 nitrogen and oxygen atoms in total. The van der Waals surface area contributed by atoms with Crippen LogP contribution in [-0.2, 0) is 5.75 Å². The number of thiazole rings is 1. The minimum absolute atomic E-state index is 0.750. The molecular formula is C9H10N4S2. The summed E-state index contributed by atoms with van der Waals surface area (Å²) < 4.78 is 0. The maximum atomic E-state index is 5.25. The molecule has 2 aromatic heterocycles. The number of nitrogens with one attached hydrogen (secondary N) is 1. The number of thioether (sulfide) groups is 1. The lowest BCUT2D eigenvalue weighted by molar-refractivity contribution is 1.26. The molecular weight excluding hydrogens is 228 g/mol. The van der Waals surface area contributed by atoms with Gasteiger partial charge in [0.05, 0.1) is 0 Å². The number of aromatic nitrogens is 2. The number of hydrogen-bond acceptors (Lipinski definition) is 6. The van der Waals surface area contributed by atoms with Crippen LogP contribution in [-0.4, -0.2) is 9.97 Å². The Kier molecular flexibility index (Phi) is 3.54. The normalized spacial score (nSPS) is 10.2. The SMILES string of the molecule is NNc1ncc(CSc2ccncc2)s1. The Bertz CT molecular complexity index is 415. The molecule has 0 amide bonds. The molecule has 0 aromatic carbocycles. The van der Waals surface area contributed by atoms with Crippen LogP contribution in [0.15, 0.2) is 35.6 Å². The van der Waals surface area contributed by atoms with Crippen LogP contribution in [0.4, 0.5) is 5.13 Å². The van der Waals surface area contributed by atoms with E-state index in [1.54, 1.807) is 35.5 Å². The van der Waals surface area contributed by atoms with Gasteiger partial charge in [-0.15, -0.1) is 23.1 Å². The summed E-state index contributed by atoms with van der Waals surface area (Å²) in [5, 5.41) is 0.750. The van der Waals surface area contributed by atoms with E-state index in [0.717, 1.165) is 10.9 Å². The zero-order valence-electron chi connectivity index (χ0n) is 7.88. The van der Waals surface area contributed by atoms with Gasteiger partial charge in [-0.2, -0.15) is 0 Å². The fourth-order valence-electron chi connectivity index (χ4n) is 1.03. The number of hydrazine groups is 1. The average Bonchev–Trinajstić information content (AvgIpc) is 2.76. The van der Waals surface area contributed by atoms with Crippen LogP contribution < -0.4 is 11.3 Å². The lowest BCUT2D eigenvalue weighted by Gasteiger charge is -1.97. The molecule has 2 rings (SSSR count). The molecule has 0 saturated heterocycles. The molecule has 0 fully saturated rings. The molecule has 6 heteroatoms. The van der Waals surface area contributed by atoms with Crippen LogP contribution in [0.2, 0.25) is 0 Å². The summed E-state index contributed by atoms with van der Waals surface area (Å²) in [6.07, 6.45) is 5.43. The van der Waals surface area contributed by atoms with Crippen molar-refractivity contribution < 1.29 is 0 Å². The van der Waals surface area contributed by atoms with Gasteiger partial charge in [-0.05, 0) is 12.1 Å². The van der Waals surface area contributed by atoms with E-state index in [1.807, 2.05) is 18.3 Å². The molecule has 0 radical (unpaired) electrons. The molecule has 78 valence electrons. The van der Waals surface area contributed by atoms with E-state index in [0.29, 0.717) is 0 Å². The smallest absolute Gasteiger partial charge is 0.197 e. The average molecular weight is 238 g/mol. The lowest BCUT2D eigenvalue weighted by Crippen LogP contribution is -2.05. The van der Waals surface area contributed by atoms with Crippen molar-refractivity contribution in [3.8, 4) is 0 Å². The van der Waals surface area contributed by atoms with Crippen LogP contribution in [0.1, 0.15) is 4.88 Å². The highest BCUT2D eigenvalue weighted by Crippen LogP contribution is 2.26. The monoisotopic (exact) mass is 238 g/mol. The van der Waals surface area contributed by atoms with Crippen molar-refractivity contribution in [2.45, 2.75) is 10.6 Å². The van der Waals surface area contributed by atoms with Gasteiger partial charge in [-0.3, -0.25) is 10.4 Å². The first kappa shape index (κ1) is 10.4. The highest BCUT2D eigenvalue weighted by Gasteiger charge is 2.01. The first-order valence-corrected chi connectivity index (χ1v) is 6.13. The van der Waals surface area contributed by atoms with Gasteiger partial charge in [-0.1, -0.05) is 0 Å². The Labute approximate surface area is 95.9 Å². The van der Waals surface area contributed by atoms with E-state index in [1.165, 1.54) is 9.77 Å². The molecule has 0 aliphatic heterocycles. The Morgan fingerprint density at radius 1 is 1.40 bits per heavy atom. The molecule has 0 aliphatic carbocycles. The lowest BCUT2D eigenvalue weighted by atomic mass is 10.5. The fraction of sp³-hybridized carbons (Fsp3) is 0.111. The summed E-state index contributed by atoms with van der Waals surface area (Å²) in [6, 6.07) is 3.99. The molecule has 0 aliphatic rings. The summed E-state index contributed by atoms with van der Waals surface area (Å²) in [7, 11) is 0. The number of anilines is 1. The van der Waals surface area contributed by atoms with Gasteiger partial charge in [-0.25, -0.2) is 10.8 Å². The number of nitrogens with two attached hydrogens (primary N) is 1. The van der Waals surface area contributed by atoms with Crippen molar-refractivity contribution >= 4 is 28.2 Å². The van der Waals surface area contributed by atoms with E-state index >= 15 is 0 Å². The minimum Gasteiger partial charge on any atom is -0.300 e. The largest absolute Gasteiger partial charge is 0.300 e. The fourth-order valence-corrected chi connectivity index (χ4v) is 2.66. The summed E-state index contributed by atoms with van der Waals surface area (Å²) in [6.45, 7) is 0. The second kappa shape index (κ2) is 5.11. The molecule has 0 spiro atoms. The van der Waals surface area contributed by atoms with Gasteiger partial charge in [0.2, 0.25) is 0 Å². The van der Waals surface area contributed by atoms with Crippen LogP contribution in [0.5, 0.6) is 0 Å². The highest BCUT2D eigenvalue weighted by molar-refractivity contribution is 7.98. The first-order valence-electron chi connectivity index (χ1n) is 4.32. The van der Waals surface area contributed by atoms with E-state index in [4.69, 9.17) is 5.84 Å². The molecule has 0 atom stereocenters. The van der Waals surface area contributed by atoms with Crippen molar-refractivity contribution in [3.05, 3.63) is 35.6 Å². The van der Waals surface area contributed by atoms with E-state index < -0.39 is 0 Å². The van der Waals surface area contributed by atoms with Gasteiger partial charge in [0.1, 0.15) is 0 Å². The van der Waals surface area contributed by atoms with Crippen molar-refractivity contribution in [2.75, 3.05) is 5.43 Å². The Morgan fingerprint density at radius 2 is 2.20 bits per heavy atom. The van der Waals surface area contributed by atoms with Crippen LogP contribution >= 0.6 is 23.1 Å². The summed E-state index contributed by atoms with van der Waals surface area (Å²) >= 11 is 3.33. The standard InChI is InChI=1S/C9H10N4S2/c10-13-9-12-5-8(15-9)6-14-7-1-3-11-4-2-7/h1-5H,6,10H2,(H,12,13). The van der Waals surface area contributed by atoms with Crippen molar-refractivity contribution in [1.29, 1.82) is 0 Å². The third kappa shape index (κ3) is 2.92. The Morgan fingerprint density at radius 3 is 2.87 bits per heavy atom. The molecule has 15 heavy (non-hydrogen) atoms. The van der Waals surface area contributed by atoms with Crippen LogP contribution in [0.3, 0.4) is 0 Å². The van der Waals surface area contributed by atoms with Gasteiger partial charge < -0.3 is 0 Å². The number of pyridine rings is 1. The maximum Gasteiger partial charge on any atom is 0.197 e. The molecule has 0 saturated carbocycles. The van der Waals surface area contributed by atoms with Crippen molar-refractivity contribution in [3.63, 3.8) is 0 Å². The predicted molar refractivity (Wildman–Crippen MR) is 63.7 cm³/mol. The number of nitrogens with zero attached hydrogens (tertiary/aromatic N) is 2. The van der Waals surface area contributed by atoms with Gasteiger partial charge in [0.15, 0.2) is 5.13 Å². The zero-order valence-corrected chi connectivity index (χ0v) is 9.52. The Hall–Kier alpha value is -1.11. The molecule has 3 N–H and O–H groups in total. The first-order chi connectivity index (χ1) is 7.38. The quantitative estimate of drug-likeness (QED) is 0.485. The molecule has 0 unspecified atom stereocenters. The number of nitrogen functional groups attached to an aromatic ring is 1.